The van der Waals surface area contributed by atoms with Gasteiger partial charge in [-0.3, -0.25) is 9.48 Å². The van der Waals surface area contributed by atoms with Gasteiger partial charge in [0.1, 0.15) is 11.4 Å². The lowest BCUT2D eigenvalue weighted by Crippen LogP contribution is -2.42. The van der Waals surface area contributed by atoms with E-state index >= 15 is 0 Å². The Hall–Kier alpha value is -4.73. The molecular formula is C38H36Cl2N4O5. The molecule has 1 amide bonds. The van der Waals surface area contributed by atoms with Gasteiger partial charge in [-0.1, -0.05) is 41.4 Å². The van der Waals surface area contributed by atoms with Crippen LogP contribution >= 0.6 is 23.2 Å². The largest absolute Gasteiger partial charge is 0.494 e. The minimum Gasteiger partial charge on any atom is -0.494 e. The van der Waals surface area contributed by atoms with Crippen LogP contribution in [0.4, 0.5) is 5.69 Å². The molecule has 1 aliphatic rings. The summed E-state index contributed by atoms with van der Waals surface area (Å²) in [4.78, 5) is 28.3. The fourth-order valence-electron chi connectivity index (χ4n) is 7.30. The maximum atomic E-state index is 14.8. The SMILES string of the molecule is Cc1cc(OCCCc2c3n(c4c(-c5c(C)nn(C)c5C)c(Cl)ccc24)[C@H](C)CN(c2cccc4cc(C(=O)O)oc24)C3=O)cc(C)c1Cl. The van der Waals surface area contributed by atoms with E-state index in [-0.39, 0.29) is 17.7 Å². The minimum absolute atomic E-state index is 0.168. The van der Waals surface area contributed by atoms with E-state index in [9.17, 15) is 14.7 Å². The summed E-state index contributed by atoms with van der Waals surface area (Å²) in [5.74, 6) is -0.790. The van der Waals surface area contributed by atoms with Gasteiger partial charge < -0.3 is 23.7 Å². The van der Waals surface area contributed by atoms with Gasteiger partial charge in [0.2, 0.25) is 5.76 Å². The predicted octanol–water partition coefficient (Wildman–Crippen LogP) is 9.26. The highest BCUT2D eigenvalue weighted by molar-refractivity contribution is 6.35. The van der Waals surface area contributed by atoms with E-state index in [1.54, 1.807) is 17.0 Å². The van der Waals surface area contributed by atoms with Gasteiger partial charge in [-0.05, 0) is 94.5 Å². The Morgan fingerprint density at radius 1 is 1.06 bits per heavy atom. The summed E-state index contributed by atoms with van der Waals surface area (Å²) in [6.45, 7) is 10.8. The van der Waals surface area contributed by atoms with Crippen LogP contribution in [0.5, 0.6) is 5.75 Å². The first kappa shape index (κ1) is 32.8. The van der Waals surface area contributed by atoms with Gasteiger partial charge in [-0.2, -0.15) is 5.10 Å². The molecule has 0 saturated carbocycles. The van der Waals surface area contributed by atoms with Crippen LogP contribution in [0.2, 0.25) is 10.0 Å². The number of carbonyl (C=O) groups excluding carboxylic acids is 1. The number of para-hydroxylation sites is 1. The van der Waals surface area contributed by atoms with Crippen molar-refractivity contribution in [2.45, 2.75) is 53.5 Å². The van der Waals surface area contributed by atoms with Gasteiger partial charge in [-0.15, -0.1) is 0 Å². The second-order valence-electron chi connectivity index (χ2n) is 12.9. The number of aryl methyl sites for hydroxylation is 5. The van der Waals surface area contributed by atoms with Gasteiger partial charge in [0.15, 0.2) is 5.58 Å². The molecule has 1 N–H and O–H groups in total. The third kappa shape index (κ3) is 5.36. The molecule has 1 atom stereocenters. The van der Waals surface area contributed by atoms with Crippen LogP contribution in [0.1, 0.15) is 68.5 Å². The van der Waals surface area contributed by atoms with Gasteiger partial charge in [0, 0.05) is 52.3 Å². The third-order valence-electron chi connectivity index (χ3n) is 9.59. The summed E-state index contributed by atoms with van der Waals surface area (Å²) < 4.78 is 16.0. The lowest BCUT2D eigenvalue weighted by molar-refractivity contribution is 0.0665. The number of furan rings is 1. The zero-order valence-corrected chi connectivity index (χ0v) is 29.7. The Morgan fingerprint density at radius 3 is 2.47 bits per heavy atom. The average molecular weight is 700 g/mol. The molecule has 6 aromatic rings. The molecule has 3 aromatic carbocycles. The monoisotopic (exact) mass is 698 g/mol. The van der Waals surface area contributed by atoms with Crippen molar-refractivity contribution in [1.29, 1.82) is 0 Å². The van der Waals surface area contributed by atoms with Crippen LogP contribution in [0, 0.1) is 27.7 Å². The average Bonchev–Trinajstić information content (AvgIpc) is 3.72. The summed E-state index contributed by atoms with van der Waals surface area (Å²) >= 11 is 13.4. The topological polar surface area (TPSA) is 103 Å². The molecule has 11 heteroatoms. The summed E-state index contributed by atoms with van der Waals surface area (Å²) in [7, 11) is 1.91. The highest BCUT2D eigenvalue weighted by atomic mass is 35.5. The highest BCUT2D eigenvalue weighted by Gasteiger charge is 2.37. The van der Waals surface area contributed by atoms with Gasteiger partial charge in [-0.25, -0.2) is 4.79 Å². The fourth-order valence-corrected chi connectivity index (χ4v) is 7.66. The predicted molar refractivity (Wildman–Crippen MR) is 193 cm³/mol. The van der Waals surface area contributed by atoms with Crippen molar-refractivity contribution < 1.29 is 23.8 Å². The Kier molecular flexibility index (Phi) is 8.24. The van der Waals surface area contributed by atoms with Crippen LogP contribution in [-0.4, -0.2) is 44.5 Å². The number of nitrogens with zero attached hydrogens (tertiary/aromatic N) is 4. The molecule has 0 spiro atoms. The van der Waals surface area contributed by atoms with Crippen molar-refractivity contribution in [3.63, 3.8) is 0 Å². The number of rotatable bonds is 8. The number of ether oxygens (including phenoxy) is 1. The van der Waals surface area contributed by atoms with Gasteiger partial charge in [0.05, 0.1) is 28.5 Å². The summed E-state index contributed by atoms with van der Waals surface area (Å²) in [6.07, 6.45) is 1.21. The number of hydrogen-bond donors (Lipinski definition) is 1. The van der Waals surface area contributed by atoms with Crippen molar-refractivity contribution in [2.75, 3.05) is 18.1 Å². The fraction of sp³-hybridized carbons (Fsp3) is 0.289. The van der Waals surface area contributed by atoms with Crippen LogP contribution in [-0.2, 0) is 13.5 Å². The quantitative estimate of drug-likeness (QED) is 0.159. The van der Waals surface area contributed by atoms with Crippen molar-refractivity contribution in [3.8, 4) is 16.9 Å². The van der Waals surface area contributed by atoms with Crippen molar-refractivity contribution in [2.24, 2.45) is 7.05 Å². The molecule has 0 aliphatic carbocycles. The number of aromatic nitrogens is 3. The maximum Gasteiger partial charge on any atom is 0.371 e. The van der Waals surface area contributed by atoms with Gasteiger partial charge >= 0.3 is 5.97 Å². The van der Waals surface area contributed by atoms with Crippen LogP contribution < -0.4 is 9.64 Å². The number of carboxylic acid groups (broad SMARTS) is 1. The normalized spacial score (nSPS) is 14.7. The highest BCUT2D eigenvalue weighted by Crippen LogP contribution is 2.45. The number of anilines is 1. The van der Waals surface area contributed by atoms with E-state index in [2.05, 4.69) is 16.6 Å². The van der Waals surface area contributed by atoms with E-state index in [0.29, 0.717) is 53.4 Å². The molecule has 7 rings (SSSR count). The van der Waals surface area contributed by atoms with Crippen LogP contribution in [0.25, 0.3) is 33.0 Å². The number of fused-ring (bicyclic) bond motifs is 4. The number of amides is 1. The molecule has 0 bridgehead atoms. The summed E-state index contributed by atoms with van der Waals surface area (Å²) in [5, 5.41) is 17.2. The van der Waals surface area contributed by atoms with E-state index in [1.165, 1.54) is 6.07 Å². The number of aromatic carboxylic acids is 1. The number of hydrogen-bond acceptors (Lipinski definition) is 5. The van der Waals surface area contributed by atoms with E-state index in [4.69, 9.17) is 32.4 Å². The zero-order chi connectivity index (χ0) is 34.9. The molecule has 4 heterocycles. The molecule has 0 unspecified atom stereocenters. The molecule has 3 aromatic heterocycles. The van der Waals surface area contributed by atoms with Gasteiger partial charge in [0.25, 0.3) is 5.91 Å². The van der Waals surface area contributed by atoms with Crippen molar-refractivity contribution >= 4 is 62.6 Å². The van der Waals surface area contributed by atoms with E-state index in [0.717, 1.165) is 60.9 Å². The zero-order valence-electron chi connectivity index (χ0n) is 28.1. The molecule has 49 heavy (non-hydrogen) atoms. The third-order valence-corrected chi connectivity index (χ3v) is 10.5. The Bertz CT molecular complexity index is 2310. The molecule has 0 radical (unpaired) electrons. The second-order valence-corrected chi connectivity index (χ2v) is 13.7. The smallest absolute Gasteiger partial charge is 0.371 e. The maximum absolute atomic E-state index is 14.8. The first-order chi connectivity index (χ1) is 23.4. The molecule has 9 nitrogen and oxygen atoms in total. The van der Waals surface area contributed by atoms with Crippen molar-refractivity contribution in [1.82, 2.24) is 14.3 Å². The second kappa shape index (κ2) is 12.3. The van der Waals surface area contributed by atoms with E-state index < -0.39 is 5.97 Å². The number of benzene rings is 3. The van der Waals surface area contributed by atoms with Crippen LogP contribution in [0.15, 0.2) is 52.9 Å². The van der Waals surface area contributed by atoms with Crippen LogP contribution in [0.3, 0.4) is 0 Å². The molecule has 1 aliphatic heterocycles. The number of carbonyl (C=O) groups is 2. The first-order valence-electron chi connectivity index (χ1n) is 16.2. The molecule has 0 fully saturated rings. The number of halogens is 2. The summed E-state index contributed by atoms with van der Waals surface area (Å²) in [6, 6.07) is 14.5. The van der Waals surface area contributed by atoms with Crippen molar-refractivity contribution in [3.05, 3.63) is 98.1 Å². The summed E-state index contributed by atoms with van der Waals surface area (Å²) in [5.41, 5.74) is 8.78. The molecular weight excluding hydrogens is 663 g/mol. The molecule has 252 valence electrons. The lowest BCUT2D eigenvalue weighted by atomic mass is 9.98. The first-order valence-corrected chi connectivity index (χ1v) is 17.0. The Balaban J connectivity index is 1.37. The Labute approximate surface area is 293 Å². The van der Waals surface area contributed by atoms with E-state index in [1.807, 2.05) is 69.8 Å². The number of carboxylic acids is 1. The minimum atomic E-state index is -1.17. The Morgan fingerprint density at radius 2 is 1.80 bits per heavy atom. The molecule has 0 saturated heterocycles. The lowest BCUT2D eigenvalue weighted by Gasteiger charge is -2.34. The standard InChI is InChI=1S/C38H36Cl2N4O5/c1-19-15-25(16-20(2)33(19)40)48-14-8-10-26-27-12-13-28(39)32(31-22(4)41-42(6)23(31)5)34(27)44-21(3)18-43(37(45)35(26)44)29-11-7-9-24-17-30(38(46)47)49-36(24)29/h7,9,11-13,15-17,21H,8,10,14,18H2,1-6H3,(H,46,47)/t21-/m1/s1.